The van der Waals surface area contributed by atoms with Crippen LogP contribution < -0.4 is 5.32 Å². The summed E-state index contributed by atoms with van der Waals surface area (Å²) in [6.45, 7) is 3.55. The van der Waals surface area contributed by atoms with Gasteiger partial charge in [-0.3, -0.25) is 4.79 Å². The van der Waals surface area contributed by atoms with Crippen LogP contribution in [0.1, 0.15) is 31.8 Å². The first-order valence-corrected chi connectivity index (χ1v) is 6.58. The lowest BCUT2D eigenvalue weighted by atomic mass is 10.0. The lowest BCUT2D eigenvalue weighted by molar-refractivity contribution is 0.0698. The molecule has 5 nitrogen and oxygen atoms in total. The number of rotatable bonds is 3. The van der Waals surface area contributed by atoms with Crippen molar-refractivity contribution in [3.05, 3.63) is 51.4 Å². The van der Waals surface area contributed by atoms with Crippen LogP contribution >= 0.6 is 15.9 Å². The van der Waals surface area contributed by atoms with Gasteiger partial charge in [-0.25, -0.2) is 4.79 Å². The monoisotopic (exact) mass is 337 g/mol. The Morgan fingerprint density at radius 3 is 2.50 bits per heavy atom. The van der Waals surface area contributed by atoms with Crippen LogP contribution in [0.25, 0.3) is 0 Å². The highest BCUT2D eigenvalue weighted by atomic mass is 79.9. The van der Waals surface area contributed by atoms with Gasteiger partial charge in [0.2, 0.25) is 0 Å². The lowest BCUT2D eigenvalue weighted by Crippen LogP contribution is -2.16. The molecule has 0 saturated heterocycles. The van der Waals surface area contributed by atoms with Gasteiger partial charge < -0.3 is 14.8 Å². The Morgan fingerprint density at radius 2 is 1.95 bits per heavy atom. The first-order valence-electron chi connectivity index (χ1n) is 5.79. The van der Waals surface area contributed by atoms with Gasteiger partial charge in [0, 0.05) is 0 Å². The fraction of sp³-hybridized carbons (Fsp3) is 0.143. The number of aromatic carboxylic acids is 1. The molecule has 6 heteroatoms. The molecule has 1 aromatic heterocycles. The summed E-state index contributed by atoms with van der Waals surface area (Å²) in [5, 5.41) is 11.9. The topological polar surface area (TPSA) is 79.5 Å². The van der Waals surface area contributed by atoms with Crippen LogP contribution in [0, 0.1) is 13.8 Å². The highest BCUT2D eigenvalue weighted by Gasteiger charge is 2.18. The standard InChI is InChI=1S/C14H12BrNO4/c1-7-5-8(2)11(10(6-7)14(18)19)16-13(17)9-3-4-20-12(9)15/h3-6H,1-2H3,(H,16,17)(H,18,19). The Balaban J connectivity index is 2.41. The Hall–Kier alpha value is -2.08. The second kappa shape index (κ2) is 5.50. The first-order chi connectivity index (χ1) is 9.40. The van der Waals surface area contributed by atoms with Gasteiger partial charge in [0.15, 0.2) is 4.67 Å². The molecule has 0 aliphatic carbocycles. The number of furan rings is 1. The van der Waals surface area contributed by atoms with E-state index in [0.29, 0.717) is 21.5 Å². The Kier molecular flexibility index (Phi) is 3.94. The molecule has 1 aromatic carbocycles. The summed E-state index contributed by atoms with van der Waals surface area (Å²) in [4.78, 5) is 23.4. The molecule has 0 aliphatic heterocycles. The molecule has 0 aliphatic rings. The van der Waals surface area contributed by atoms with Gasteiger partial charge in [0.1, 0.15) is 0 Å². The Morgan fingerprint density at radius 1 is 1.25 bits per heavy atom. The molecule has 0 fully saturated rings. The molecular weight excluding hydrogens is 326 g/mol. The smallest absolute Gasteiger partial charge is 0.337 e. The number of hydrogen-bond donors (Lipinski definition) is 2. The second-order valence-corrected chi connectivity index (χ2v) is 5.09. The van der Waals surface area contributed by atoms with Crippen molar-refractivity contribution in [2.45, 2.75) is 13.8 Å². The van der Waals surface area contributed by atoms with Gasteiger partial charge in [-0.2, -0.15) is 0 Å². The van der Waals surface area contributed by atoms with Gasteiger partial charge >= 0.3 is 5.97 Å². The fourth-order valence-corrected chi connectivity index (χ4v) is 2.36. The maximum Gasteiger partial charge on any atom is 0.337 e. The second-order valence-electron chi connectivity index (χ2n) is 4.37. The van der Waals surface area contributed by atoms with Gasteiger partial charge in [-0.15, -0.1) is 0 Å². The molecule has 20 heavy (non-hydrogen) atoms. The van der Waals surface area contributed by atoms with E-state index in [4.69, 9.17) is 4.42 Å². The molecule has 0 saturated carbocycles. The highest BCUT2D eigenvalue weighted by molar-refractivity contribution is 9.10. The number of nitrogens with one attached hydrogen (secondary N) is 1. The van der Waals surface area contributed by atoms with Gasteiger partial charge in [-0.05, 0) is 53.0 Å². The van der Waals surface area contributed by atoms with Crippen LogP contribution in [0.2, 0.25) is 0 Å². The van der Waals surface area contributed by atoms with Gasteiger partial charge in [0.25, 0.3) is 5.91 Å². The molecule has 104 valence electrons. The average molecular weight is 338 g/mol. The lowest BCUT2D eigenvalue weighted by Gasteiger charge is -2.12. The van der Waals surface area contributed by atoms with Crippen molar-refractivity contribution >= 4 is 33.5 Å². The van der Waals surface area contributed by atoms with Crippen LogP contribution in [-0.4, -0.2) is 17.0 Å². The van der Waals surface area contributed by atoms with Crippen LogP contribution in [-0.2, 0) is 0 Å². The van der Waals surface area contributed by atoms with Crippen molar-refractivity contribution < 1.29 is 19.1 Å². The van der Waals surface area contributed by atoms with Gasteiger partial charge in [-0.1, -0.05) is 6.07 Å². The van der Waals surface area contributed by atoms with E-state index in [9.17, 15) is 14.7 Å². The molecule has 1 heterocycles. The van der Waals surface area contributed by atoms with E-state index >= 15 is 0 Å². The minimum Gasteiger partial charge on any atom is -0.478 e. The zero-order valence-corrected chi connectivity index (χ0v) is 12.4. The quantitative estimate of drug-likeness (QED) is 0.896. The minimum absolute atomic E-state index is 0.0652. The van der Waals surface area contributed by atoms with Crippen molar-refractivity contribution in [1.29, 1.82) is 0 Å². The average Bonchev–Trinajstić information content (AvgIpc) is 2.78. The van der Waals surface area contributed by atoms with Crippen LogP contribution in [0.4, 0.5) is 5.69 Å². The maximum absolute atomic E-state index is 12.1. The first kappa shape index (κ1) is 14.3. The predicted molar refractivity (Wildman–Crippen MR) is 77.2 cm³/mol. The number of carbonyl (C=O) groups is 2. The number of carboxylic acid groups (broad SMARTS) is 1. The SMILES string of the molecule is Cc1cc(C)c(NC(=O)c2ccoc2Br)c(C(=O)O)c1. The number of hydrogen-bond acceptors (Lipinski definition) is 3. The molecule has 2 aromatic rings. The third kappa shape index (κ3) is 2.75. The van der Waals surface area contributed by atoms with E-state index in [1.807, 2.05) is 6.07 Å². The zero-order valence-electron chi connectivity index (χ0n) is 10.9. The van der Waals surface area contributed by atoms with Gasteiger partial charge in [0.05, 0.1) is 23.1 Å². The number of benzene rings is 1. The summed E-state index contributed by atoms with van der Waals surface area (Å²) >= 11 is 3.11. The van der Waals surface area contributed by atoms with Crippen LogP contribution in [0.5, 0.6) is 0 Å². The van der Waals surface area contributed by atoms with E-state index in [1.165, 1.54) is 18.4 Å². The summed E-state index contributed by atoms with van der Waals surface area (Å²) in [6, 6.07) is 4.84. The molecule has 0 spiro atoms. The van der Waals surface area contributed by atoms with E-state index in [0.717, 1.165) is 5.56 Å². The molecular formula is C14H12BrNO4. The predicted octanol–water partition coefficient (Wildman–Crippen LogP) is 3.61. The Labute approximate surface area is 123 Å². The summed E-state index contributed by atoms with van der Waals surface area (Å²) in [6.07, 6.45) is 1.37. The van der Waals surface area contributed by atoms with E-state index < -0.39 is 11.9 Å². The van der Waals surface area contributed by atoms with E-state index in [1.54, 1.807) is 13.8 Å². The number of amides is 1. The number of halogens is 1. The molecule has 0 radical (unpaired) electrons. The Bertz CT molecular complexity index is 690. The number of carboxylic acids is 1. The molecule has 1 amide bonds. The molecule has 2 N–H and O–H groups in total. The van der Waals surface area contributed by atoms with Crippen molar-refractivity contribution in [3.63, 3.8) is 0 Å². The maximum atomic E-state index is 12.1. The summed E-state index contributed by atoms with van der Waals surface area (Å²) in [5.41, 5.74) is 2.18. The van der Waals surface area contributed by atoms with Crippen molar-refractivity contribution in [3.8, 4) is 0 Å². The number of aryl methyl sites for hydroxylation is 2. The van der Waals surface area contributed by atoms with Crippen LogP contribution in [0.15, 0.2) is 33.5 Å². The molecule has 2 rings (SSSR count). The summed E-state index contributed by atoms with van der Waals surface area (Å²) in [5.74, 6) is -1.52. The highest BCUT2D eigenvalue weighted by Crippen LogP contribution is 2.25. The fourth-order valence-electron chi connectivity index (χ4n) is 1.94. The van der Waals surface area contributed by atoms with E-state index in [2.05, 4.69) is 21.2 Å². The molecule has 0 atom stereocenters. The number of carbonyl (C=O) groups excluding carboxylic acids is 1. The largest absolute Gasteiger partial charge is 0.478 e. The third-order valence-electron chi connectivity index (χ3n) is 2.81. The number of anilines is 1. The van der Waals surface area contributed by atoms with E-state index in [-0.39, 0.29) is 5.56 Å². The third-order valence-corrected chi connectivity index (χ3v) is 3.43. The van der Waals surface area contributed by atoms with Crippen molar-refractivity contribution in [2.24, 2.45) is 0 Å². The summed E-state index contributed by atoms with van der Waals surface area (Å²) < 4.78 is 5.29. The minimum atomic E-state index is -1.08. The molecule has 0 bridgehead atoms. The molecule has 0 unspecified atom stereocenters. The summed E-state index contributed by atoms with van der Waals surface area (Å²) in [7, 11) is 0. The normalized spacial score (nSPS) is 10.3. The van der Waals surface area contributed by atoms with Crippen molar-refractivity contribution in [1.82, 2.24) is 0 Å². The van der Waals surface area contributed by atoms with Crippen molar-refractivity contribution in [2.75, 3.05) is 5.32 Å². The van der Waals surface area contributed by atoms with Crippen LogP contribution in [0.3, 0.4) is 0 Å². The zero-order chi connectivity index (χ0) is 14.9.